The first-order valence-electron chi connectivity index (χ1n) is 8.18. The van der Waals surface area contributed by atoms with Gasteiger partial charge in [0, 0.05) is 36.7 Å². The van der Waals surface area contributed by atoms with Crippen LogP contribution in [0, 0.1) is 0 Å². The molecule has 0 atom stereocenters. The Balaban J connectivity index is 1.45. The van der Waals surface area contributed by atoms with Crippen molar-refractivity contribution in [2.45, 2.75) is 19.4 Å². The molecule has 4 rings (SSSR count). The number of nitrogens with one attached hydrogen (secondary N) is 2. The van der Waals surface area contributed by atoms with Crippen LogP contribution in [-0.2, 0) is 6.54 Å². The van der Waals surface area contributed by atoms with Crippen molar-refractivity contribution < 1.29 is 9.47 Å². The lowest BCUT2D eigenvalue weighted by molar-refractivity contribution is 0.174. The van der Waals surface area contributed by atoms with Gasteiger partial charge in [0.05, 0.1) is 5.52 Å². The quantitative estimate of drug-likeness (QED) is 0.818. The van der Waals surface area contributed by atoms with Crippen LogP contribution in [0.5, 0.6) is 11.5 Å². The Morgan fingerprint density at radius 3 is 2.74 bits per heavy atom. The molecular formula is C17H21N3O3. The maximum absolute atomic E-state index is 12.2. The van der Waals surface area contributed by atoms with E-state index in [4.69, 9.17) is 9.47 Å². The maximum atomic E-state index is 12.2. The summed E-state index contributed by atoms with van der Waals surface area (Å²) in [5, 5.41) is 4.33. The summed E-state index contributed by atoms with van der Waals surface area (Å²) in [6, 6.07) is 5.67. The van der Waals surface area contributed by atoms with Crippen LogP contribution in [-0.4, -0.2) is 42.9 Å². The number of nitrogens with zero attached hydrogens (tertiary/aromatic N) is 1. The van der Waals surface area contributed by atoms with Crippen molar-refractivity contribution in [3.63, 3.8) is 0 Å². The number of rotatable bonds is 5. The SMILES string of the molecule is O=c1[nH]c2cc3c(cc2cc1CNCCN1CCCC1)OCO3. The maximum Gasteiger partial charge on any atom is 0.252 e. The molecule has 1 saturated heterocycles. The first kappa shape index (κ1) is 14.5. The van der Waals surface area contributed by atoms with Gasteiger partial charge in [-0.25, -0.2) is 0 Å². The van der Waals surface area contributed by atoms with Crippen molar-refractivity contribution in [2.75, 3.05) is 33.0 Å². The van der Waals surface area contributed by atoms with E-state index in [1.807, 2.05) is 18.2 Å². The number of aromatic amines is 1. The van der Waals surface area contributed by atoms with Gasteiger partial charge in [-0.1, -0.05) is 0 Å². The van der Waals surface area contributed by atoms with E-state index in [-0.39, 0.29) is 12.4 Å². The number of benzene rings is 1. The molecule has 1 aromatic heterocycles. The van der Waals surface area contributed by atoms with Gasteiger partial charge in [0.2, 0.25) is 6.79 Å². The van der Waals surface area contributed by atoms with Gasteiger partial charge in [0.15, 0.2) is 11.5 Å². The summed E-state index contributed by atoms with van der Waals surface area (Å²) in [4.78, 5) is 17.6. The normalized spacial score (nSPS) is 17.2. The van der Waals surface area contributed by atoms with E-state index < -0.39 is 0 Å². The van der Waals surface area contributed by atoms with Crippen LogP contribution in [0.1, 0.15) is 18.4 Å². The molecule has 3 heterocycles. The molecule has 6 heteroatoms. The van der Waals surface area contributed by atoms with E-state index in [2.05, 4.69) is 15.2 Å². The molecule has 122 valence electrons. The van der Waals surface area contributed by atoms with Gasteiger partial charge in [-0.15, -0.1) is 0 Å². The van der Waals surface area contributed by atoms with E-state index in [9.17, 15) is 4.79 Å². The fourth-order valence-electron chi connectivity index (χ4n) is 3.24. The van der Waals surface area contributed by atoms with Gasteiger partial charge < -0.3 is 24.7 Å². The summed E-state index contributed by atoms with van der Waals surface area (Å²) in [7, 11) is 0. The van der Waals surface area contributed by atoms with E-state index in [0.717, 1.165) is 35.3 Å². The second-order valence-electron chi connectivity index (χ2n) is 6.14. The molecule has 2 N–H and O–H groups in total. The molecule has 0 radical (unpaired) electrons. The van der Waals surface area contributed by atoms with Crippen LogP contribution in [0.15, 0.2) is 23.0 Å². The smallest absolute Gasteiger partial charge is 0.252 e. The van der Waals surface area contributed by atoms with Crippen molar-refractivity contribution in [2.24, 2.45) is 0 Å². The minimum atomic E-state index is -0.0509. The van der Waals surface area contributed by atoms with Crippen LogP contribution in [0.4, 0.5) is 0 Å². The van der Waals surface area contributed by atoms with Crippen molar-refractivity contribution >= 4 is 10.9 Å². The van der Waals surface area contributed by atoms with Crippen LogP contribution in [0.3, 0.4) is 0 Å². The molecule has 1 aromatic carbocycles. The summed E-state index contributed by atoms with van der Waals surface area (Å²) >= 11 is 0. The molecule has 0 aliphatic carbocycles. The van der Waals surface area contributed by atoms with E-state index in [1.54, 1.807) is 0 Å². The Morgan fingerprint density at radius 2 is 1.91 bits per heavy atom. The number of likely N-dealkylation sites (tertiary alicyclic amines) is 1. The molecule has 2 aromatic rings. The molecule has 0 spiro atoms. The van der Waals surface area contributed by atoms with Crippen molar-refractivity contribution in [1.82, 2.24) is 15.2 Å². The van der Waals surface area contributed by atoms with Crippen LogP contribution < -0.4 is 20.3 Å². The third-order valence-electron chi connectivity index (χ3n) is 4.53. The standard InChI is InChI=1S/C17H21N3O3/c21-17-13(10-18-3-6-20-4-1-2-5-20)7-12-8-15-16(23-11-22-15)9-14(12)19-17/h7-9,18H,1-6,10-11H2,(H,19,21). The van der Waals surface area contributed by atoms with Gasteiger partial charge in [0.1, 0.15) is 0 Å². The van der Waals surface area contributed by atoms with Crippen molar-refractivity contribution in [3.8, 4) is 11.5 Å². The van der Waals surface area contributed by atoms with Crippen molar-refractivity contribution in [1.29, 1.82) is 0 Å². The van der Waals surface area contributed by atoms with Gasteiger partial charge in [-0.05, 0) is 38.1 Å². The molecule has 23 heavy (non-hydrogen) atoms. The number of hydrogen-bond donors (Lipinski definition) is 2. The largest absolute Gasteiger partial charge is 0.454 e. The summed E-state index contributed by atoms with van der Waals surface area (Å²) in [6.07, 6.45) is 2.61. The number of pyridine rings is 1. The third-order valence-corrected chi connectivity index (χ3v) is 4.53. The number of H-pyrrole nitrogens is 1. The fourth-order valence-corrected chi connectivity index (χ4v) is 3.24. The lowest BCUT2D eigenvalue weighted by Crippen LogP contribution is -2.31. The minimum Gasteiger partial charge on any atom is -0.454 e. The topological polar surface area (TPSA) is 66.6 Å². The highest BCUT2D eigenvalue weighted by Gasteiger charge is 2.15. The summed E-state index contributed by atoms with van der Waals surface area (Å²) in [5.41, 5.74) is 1.47. The van der Waals surface area contributed by atoms with Gasteiger partial charge in [-0.2, -0.15) is 0 Å². The Kier molecular flexibility index (Phi) is 3.93. The highest BCUT2D eigenvalue weighted by atomic mass is 16.7. The number of fused-ring (bicyclic) bond motifs is 2. The van der Waals surface area contributed by atoms with Gasteiger partial charge in [0.25, 0.3) is 5.56 Å². The average molecular weight is 315 g/mol. The van der Waals surface area contributed by atoms with E-state index >= 15 is 0 Å². The predicted octanol–water partition coefficient (Wildman–Crippen LogP) is 1.44. The zero-order chi connectivity index (χ0) is 15.6. The van der Waals surface area contributed by atoms with Crippen LogP contribution >= 0.6 is 0 Å². The summed E-state index contributed by atoms with van der Waals surface area (Å²) in [5.74, 6) is 1.42. The van der Waals surface area contributed by atoms with Gasteiger partial charge >= 0.3 is 0 Å². The zero-order valence-corrected chi connectivity index (χ0v) is 13.1. The monoisotopic (exact) mass is 315 g/mol. The molecule has 0 bridgehead atoms. The Bertz CT molecular complexity index is 766. The van der Waals surface area contributed by atoms with E-state index in [0.29, 0.717) is 12.3 Å². The highest BCUT2D eigenvalue weighted by molar-refractivity contribution is 5.83. The molecule has 2 aliphatic rings. The van der Waals surface area contributed by atoms with E-state index in [1.165, 1.54) is 25.9 Å². The second kappa shape index (κ2) is 6.22. The first-order valence-corrected chi connectivity index (χ1v) is 8.18. The highest BCUT2D eigenvalue weighted by Crippen LogP contribution is 2.35. The lowest BCUT2D eigenvalue weighted by Gasteiger charge is -2.14. The number of hydrogen-bond acceptors (Lipinski definition) is 5. The first-order chi connectivity index (χ1) is 11.3. The molecular weight excluding hydrogens is 294 g/mol. The molecule has 1 fully saturated rings. The fraction of sp³-hybridized carbons (Fsp3) is 0.471. The second-order valence-corrected chi connectivity index (χ2v) is 6.14. The van der Waals surface area contributed by atoms with Crippen molar-refractivity contribution in [3.05, 3.63) is 34.1 Å². The molecule has 6 nitrogen and oxygen atoms in total. The molecule has 0 unspecified atom stereocenters. The average Bonchev–Trinajstić information content (AvgIpc) is 3.20. The Labute approximate surface area is 134 Å². The lowest BCUT2D eigenvalue weighted by atomic mass is 10.1. The third kappa shape index (κ3) is 3.04. The molecule has 0 saturated carbocycles. The number of aromatic nitrogens is 1. The van der Waals surface area contributed by atoms with Crippen LogP contribution in [0.25, 0.3) is 10.9 Å². The Morgan fingerprint density at radius 1 is 1.13 bits per heavy atom. The Hall–Kier alpha value is -2.05. The van der Waals surface area contributed by atoms with Gasteiger partial charge in [-0.3, -0.25) is 4.79 Å². The summed E-state index contributed by atoms with van der Waals surface area (Å²) in [6.45, 7) is 5.16. The zero-order valence-electron chi connectivity index (χ0n) is 13.1. The molecule has 2 aliphatic heterocycles. The minimum absolute atomic E-state index is 0.0509. The van der Waals surface area contributed by atoms with Crippen LogP contribution in [0.2, 0.25) is 0 Å². The number of ether oxygens (including phenoxy) is 2. The summed E-state index contributed by atoms with van der Waals surface area (Å²) < 4.78 is 10.7. The molecule has 0 amide bonds. The predicted molar refractivity (Wildman–Crippen MR) is 88.1 cm³/mol.